The summed E-state index contributed by atoms with van der Waals surface area (Å²) in [5.41, 5.74) is -0.178. The first-order valence-corrected chi connectivity index (χ1v) is 4.18. The van der Waals surface area contributed by atoms with E-state index in [9.17, 15) is 0 Å². The van der Waals surface area contributed by atoms with Crippen LogP contribution in [0.25, 0.3) is 0 Å². The number of nitrogens with one attached hydrogen (secondary N) is 1. The van der Waals surface area contributed by atoms with Gasteiger partial charge in [0.1, 0.15) is 0 Å². The highest BCUT2D eigenvalue weighted by molar-refractivity contribution is 5.18. The van der Waals surface area contributed by atoms with Crippen LogP contribution in [-0.4, -0.2) is 28.4 Å². The van der Waals surface area contributed by atoms with Gasteiger partial charge in [0, 0.05) is 18.6 Å². The van der Waals surface area contributed by atoms with Crippen LogP contribution in [0.2, 0.25) is 0 Å². The van der Waals surface area contributed by atoms with Crippen LogP contribution in [0.3, 0.4) is 0 Å². The van der Waals surface area contributed by atoms with Crippen LogP contribution in [-0.2, 0) is 0 Å². The molecule has 5 heteroatoms. The normalized spacial score (nSPS) is 11.7. The number of nitrogens with zero attached hydrogens (tertiary/aromatic N) is 2. The molecule has 74 valence electrons. The summed E-state index contributed by atoms with van der Waals surface area (Å²) in [4.78, 5) is 3.98. The van der Waals surface area contributed by atoms with E-state index in [0.29, 0.717) is 18.4 Å². The smallest absolute Gasteiger partial charge is 0.321 e. The minimum absolute atomic E-state index is 0.118. The van der Waals surface area contributed by atoms with Gasteiger partial charge in [-0.3, -0.25) is 0 Å². The molecule has 0 aliphatic carbocycles. The maximum Gasteiger partial charge on any atom is 0.321 e. The Morgan fingerprint density at radius 1 is 1.54 bits per heavy atom. The summed E-state index contributed by atoms with van der Waals surface area (Å²) in [6.45, 7) is 6.37. The average Bonchev–Trinajstić information content (AvgIpc) is 2.48. The summed E-state index contributed by atoms with van der Waals surface area (Å²) in [5.74, 6) is 0.601. The Morgan fingerprint density at radius 2 is 2.23 bits per heavy atom. The van der Waals surface area contributed by atoms with Gasteiger partial charge >= 0.3 is 6.01 Å². The standard InChI is InChI=1S/C8H15N3O2/c1-6-10-7(13-11-6)9-4-8(2,3)5-12/h12H,4-5H2,1-3H3,(H,9,10,11). The van der Waals surface area contributed by atoms with Crippen molar-refractivity contribution in [1.29, 1.82) is 0 Å². The summed E-state index contributed by atoms with van der Waals surface area (Å²) in [6.07, 6.45) is 0. The monoisotopic (exact) mass is 185 g/mol. The molecule has 0 unspecified atom stereocenters. The average molecular weight is 185 g/mol. The van der Waals surface area contributed by atoms with Crippen molar-refractivity contribution in [2.45, 2.75) is 20.8 Å². The molecular formula is C8H15N3O2. The van der Waals surface area contributed by atoms with E-state index in [2.05, 4.69) is 15.5 Å². The lowest BCUT2D eigenvalue weighted by Gasteiger charge is -2.20. The van der Waals surface area contributed by atoms with Gasteiger partial charge in [0.05, 0.1) is 0 Å². The van der Waals surface area contributed by atoms with Gasteiger partial charge in [-0.25, -0.2) is 0 Å². The molecule has 0 aliphatic heterocycles. The van der Waals surface area contributed by atoms with Gasteiger partial charge in [0.15, 0.2) is 5.82 Å². The predicted molar refractivity (Wildman–Crippen MR) is 48.4 cm³/mol. The fourth-order valence-corrected chi connectivity index (χ4v) is 0.740. The van der Waals surface area contributed by atoms with Crippen molar-refractivity contribution >= 4 is 6.01 Å². The second kappa shape index (κ2) is 3.74. The molecule has 0 bridgehead atoms. The van der Waals surface area contributed by atoms with Crippen LogP contribution in [0.4, 0.5) is 6.01 Å². The number of hydrogen-bond acceptors (Lipinski definition) is 5. The Hall–Kier alpha value is -1.10. The van der Waals surface area contributed by atoms with E-state index in [1.807, 2.05) is 13.8 Å². The van der Waals surface area contributed by atoms with Crippen LogP contribution in [0.5, 0.6) is 0 Å². The lowest BCUT2D eigenvalue weighted by Crippen LogP contribution is -2.26. The van der Waals surface area contributed by atoms with Crippen LogP contribution in [0, 0.1) is 12.3 Å². The molecule has 0 radical (unpaired) electrons. The number of aliphatic hydroxyl groups is 1. The highest BCUT2D eigenvalue weighted by atomic mass is 16.5. The maximum atomic E-state index is 8.97. The summed E-state index contributed by atoms with van der Waals surface area (Å²) in [5, 5.41) is 15.6. The van der Waals surface area contributed by atoms with Gasteiger partial charge < -0.3 is 14.9 Å². The Balaban J connectivity index is 2.43. The number of hydrogen-bond donors (Lipinski definition) is 2. The summed E-state index contributed by atoms with van der Waals surface area (Å²) in [7, 11) is 0. The van der Waals surface area contributed by atoms with Crippen LogP contribution < -0.4 is 5.32 Å². The van der Waals surface area contributed by atoms with Crippen LogP contribution in [0.15, 0.2) is 4.52 Å². The van der Waals surface area contributed by atoms with Gasteiger partial charge in [-0.2, -0.15) is 4.98 Å². The molecule has 0 amide bonds. The van der Waals surface area contributed by atoms with Crippen molar-refractivity contribution in [1.82, 2.24) is 10.1 Å². The molecule has 2 N–H and O–H groups in total. The molecule has 0 aromatic carbocycles. The fourth-order valence-electron chi connectivity index (χ4n) is 0.740. The van der Waals surface area contributed by atoms with Gasteiger partial charge in [0.25, 0.3) is 0 Å². The fraction of sp³-hybridized carbons (Fsp3) is 0.750. The molecule has 1 heterocycles. The van der Waals surface area contributed by atoms with Crippen molar-refractivity contribution in [2.75, 3.05) is 18.5 Å². The quantitative estimate of drug-likeness (QED) is 0.726. The zero-order valence-electron chi connectivity index (χ0n) is 8.16. The van der Waals surface area contributed by atoms with Gasteiger partial charge in [-0.1, -0.05) is 19.0 Å². The number of aromatic nitrogens is 2. The highest BCUT2D eigenvalue weighted by Gasteiger charge is 2.17. The van der Waals surface area contributed by atoms with Gasteiger partial charge in [-0.15, -0.1) is 0 Å². The van der Waals surface area contributed by atoms with E-state index < -0.39 is 0 Å². The Kier molecular flexibility index (Phi) is 2.87. The van der Waals surface area contributed by atoms with Crippen molar-refractivity contribution < 1.29 is 9.63 Å². The summed E-state index contributed by atoms with van der Waals surface area (Å²) in [6, 6.07) is 0.402. The minimum Gasteiger partial charge on any atom is -0.396 e. The van der Waals surface area contributed by atoms with E-state index in [1.165, 1.54) is 0 Å². The molecule has 0 spiro atoms. The lowest BCUT2D eigenvalue weighted by molar-refractivity contribution is 0.170. The highest BCUT2D eigenvalue weighted by Crippen LogP contribution is 2.14. The zero-order valence-corrected chi connectivity index (χ0v) is 8.16. The number of aliphatic hydroxyl groups excluding tert-OH is 1. The molecular weight excluding hydrogens is 170 g/mol. The number of rotatable bonds is 4. The zero-order chi connectivity index (χ0) is 9.90. The second-order valence-corrected chi connectivity index (χ2v) is 3.82. The molecule has 0 saturated heterocycles. The molecule has 1 aromatic rings. The first-order chi connectivity index (χ1) is 6.03. The second-order valence-electron chi connectivity index (χ2n) is 3.82. The van der Waals surface area contributed by atoms with Crippen molar-refractivity contribution in [3.05, 3.63) is 5.82 Å². The first-order valence-electron chi connectivity index (χ1n) is 4.18. The van der Waals surface area contributed by atoms with E-state index >= 15 is 0 Å². The maximum absolute atomic E-state index is 8.97. The predicted octanol–water partition coefficient (Wildman–Crippen LogP) is 0.808. The first kappa shape index (κ1) is 9.98. The molecule has 0 fully saturated rings. The molecule has 0 aliphatic rings. The molecule has 5 nitrogen and oxygen atoms in total. The van der Waals surface area contributed by atoms with Gasteiger partial charge in [-0.05, 0) is 6.92 Å². The Bertz CT molecular complexity index is 270. The van der Waals surface area contributed by atoms with Crippen molar-refractivity contribution in [3.8, 4) is 0 Å². The van der Waals surface area contributed by atoms with Crippen molar-refractivity contribution in [3.63, 3.8) is 0 Å². The lowest BCUT2D eigenvalue weighted by atomic mass is 9.95. The van der Waals surface area contributed by atoms with Gasteiger partial charge in [0.2, 0.25) is 0 Å². The summed E-state index contributed by atoms with van der Waals surface area (Å²) >= 11 is 0. The third-order valence-electron chi connectivity index (χ3n) is 1.67. The van der Waals surface area contributed by atoms with E-state index in [-0.39, 0.29) is 12.0 Å². The molecule has 1 aromatic heterocycles. The minimum atomic E-state index is -0.178. The number of aryl methyl sites for hydroxylation is 1. The molecule has 0 atom stereocenters. The third-order valence-corrected chi connectivity index (χ3v) is 1.67. The summed E-state index contributed by atoms with van der Waals surface area (Å²) < 4.78 is 4.85. The Morgan fingerprint density at radius 3 is 2.69 bits per heavy atom. The molecule has 13 heavy (non-hydrogen) atoms. The van der Waals surface area contributed by atoms with E-state index in [0.717, 1.165) is 0 Å². The van der Waals surface area contributed by atoms with Crippen LogP contribution >= 0.6 is 0 Å². The third kappa shape index (κ3) is 3.02. The SMILES string of the molecule is Cc1noc(NCC(C)(C)CO)n1. The van der Waals surface area contributed by atoms with Crippen molar-refractivity contribution in [2.24, 2.45) is 5.41 Å². The molecule has 1 rings (SSSR count). The topological polar surface area (TPSA) is 71.2 Å². The largest absolute Gasteiger partial charge is 0.396 e. The Labute approximate surface area is 77.2 Å². The van der Waals surface area contributed by atoms with Crippen LogP contribution in [0.1, 0.15) is 19.7 Å². The van der Waals surface area contributed by atoms with E-state index in [4.69, 9.17) is 9.63 Å². The molecule has 0 saturated carbocycles. The van der Waals surface area contributed by atoms with E-state index in [1.54, 1.807) is 6.92 Å². The number of anilines is 1.